The van der Waals surface area contributed by atoms with E-state index in [-0.39, 0.29) is 0 Å². The Morgan fingerprint density at radius 3 is 2.45 bits per heavy atom. The van der Waals surface area contributed by atoms with Crippen LogP contribution in [0.4, 0.5) is 8.78 Å². The van der Waals surface area contributed by atoms with Gasteiger partial charge in [0.05, 0.1) is 0 Å². The third-order valence-corrected chi connectivity index (χ3v) is 1.18. The Morgan fingerprint density at radius 1 is 1.36 bits per heavy atom. The molecule has 0 fully saturated rings. The van der Waals surface area contributed by atoms with E-state index in [2.05, 4.69) is 0 Å². The normalized spacial score (nSPS) is 9.18. The van der Waals surface area contributed by atoms with E-state index < -0.39 is 22.9 Å². The molecule has 0 radical (unpaired) electrons. The first-order valence-corrected chi connectivity index (χ1v) is 2.74. The third-order valence-electron chi connectivity index (χ3n) is 1.18. The number of nitriles is 1. The molecule has 0 aliphatic rings. The standard InChI is InChI=1S/C7H3F2NO/c8-5-1-2-6(11)4(3-10)7(5)9/h1-2,11H. The predicted molar refractivity (Wildman–Crippen MR) is 32.7 cm³/mol. The van der Waals surface area contributed by atoms with Crippen LogP contribution < -0.4 is 0 Å². The minimum atomic E-state index is -1.31. The van der Waals surface area contributed by atoms with E-state index in [1.807, 2.05) is 0 Å². The number of hydrogen-bond acceptors (Lipinski definition) is 2. The van der Waals surface area contributed by atoms with Gasteiger partial charge < -0.3 is 5.11 Å². The average Bonchev–Trinajstić information content (AvgIpc) is 1.99. The van der Waals surface area contributed by atoms with Gasteiger partial charge in [0.2, 0.25) is 0 Å². The second-order valence-corrected chi connectivity index (χ2v) is 1.87. The van der Waals surface area contributed by atoms with E-state index >= 15 is 0 Å². The molecule has 1 aromatic rings. The number of hydrogen-bond donors (Lipinski definition) is 1. The van der Waals surface area contributed by atoms with Gasteiger partial charge >= 0.3 is 0 Å². The molecule has 2 nitrogen and oxygen atoms in total. The summed E-state index contributed by atoms with van der Waals surface area (Å²) < 4.78 is 24.8. The van der Waals surface area contributed by atoms with Crippen LogP contribution in [0.5, 0.6) is 5.75 Å². The minimum Gasteiger partial charge on any atom is -0.506 e. The molecule has 0 saturated heterocycles. The maximum Gasteiger partial charge on any atom is 0.180 e. The lowest BCUT2D eigenvalue weighted by molar-refractivity contribution is 0.451. The van der Waals surface area contributed by atoms with Crippen LogP contribution in [0.2, 0.25) is 0 Å². The summed E-state index contributed by atoms with van der Waals surface area (Å²) in [5.74, 6) is -3.00. The summed E-state index contributed by atoms with van der Waals surface area (Å²) in [5, 5.41) is 17.0. The predicted octanol–water partition coefficient (Wildman–Crippen LogP) is 1.54. The molecule has 0 heterocycles. The number of phenolic OH excluding ortho intramolecular Hbond substituents is 1. The van der Waals surface area contributed by atoms with Gasteiger partial charge in [0.15, 0.2) is 11.6 Å². The molecule has 11 heavy (non-hydrogen) atoms. The van der Waals surface area contributed by atoms with Gasteiger partial charge in [-0.3, -0.25) is 0 Å². The number of nitrogens with zero attached hydrogens (tertiary/aromatic N) is 1. The molecular weight excluding hydrogens is 152 g/mol. The third kappa shape index (κ3) is 1.13. The van der Waals surface area contributed by atoms with Crippen LogP contribution >= 0.6 is 0 Å². The van der Waals surface area contributed by atoms with Gasteiger partial charge in [0, 0.05) is 0 Å². The Kier molecular flexibility index (Phi) is 1.73. The minimum absolute atomic E-state index is 0.550. The van der Waals surface area contributed by atoms with Crippen molar-refractivity contribution in [1.82, 2.24) is 0 Å². The van der Waals surface area contributed by atoms with Crippen LogP contribution in [0.3, 0.4) is 0 Å². The Morgan fingerprint density at radius 2 is 2.00 bits per heavy atom. The van der Waals surface area contributed by atoms with Gasteiger partial charge in [-0.25, -0.2) is 8.78 Å². The van der Waals surface area contributed by atoms with E-state index in [9.17, 15) is 8.78 Å². The topological polar surface area (TPSA) is 44.0 Å². The molecule has 0 saturated carbocycles. The zero-order chi connectivity index (χ0) is 8.43. The van der Waals surface area contributed by atoms with E-state index in [4.69, 9.17) is 10.4 Å². The molecule has 1 rings (SSSR count). The summed E-state index contributed by atoms with van der Waals surface area (Å²) in [6.07, 6.45) is 0. The number of rotatable bonds is 0. The summed E-state index contributed by atoms with van der Waals surface area (Å²) in [6.45, 7) is 0. The van der Waals surface area contributed by atoms with E-state index in [0.29, 0.717) is 0 Å². The maximum atomic E-state index is 12.5. The highest BCUT2D eigenvalue weighted by Gasteiger charge is 2.11. The smallest absolute Gasteiger partial charge is 0.180 e. The zero-order valence-corrected chi connectivity index (χ0v) is 5.31. The van der Waals surface area contributed by atoms with Crippen molar-refractivity contribution in [2.24, 2.45) is 0 Å². The van der Waals surface area contributed by atoms with Crippen molar-refractivity contribution in [3.05, 3.63) is 29.3 Å². The lowest BCUT2D eigenvalue weighted by Gasteiger charge is -1.96. The lowest BCUT2D eigenvalue weighted by atomic mass is 10.2. The Hall–Kier alpha value is -1.63. The van der Waals surface area contributed by atoms with Crippen molar-refractivity contribution < 1.29 is 13.9 Å². The van der Waals surface area contributed by atoms with E-state index in [0.717, 1.165) is 12.1 Å². The number of phenols is 1. The summed E-state index contributed by atoms with van der Waals surface area (Å²) in [5.41, 5.74) is -0.662. The fraction of sp³-hybridized carbons (Fsp3) is 0. The second kappa shape index (κ2) is 2.54. The van der Waals surface area contributed by atoms with Gasteiger partial charge in [0.25, 0.3) is 0 Å². The van der Waals surface area contributed by atoms with Gasteiger partial charge in [-0.1, -0.05) is 0 Å². The first kappa shape index (κ1) is 7.48. The largest absolute Gasteiger partial charge is 0.506 e. The number of aromatic hydroxyl groups is 1. The highest BCUT2D eigenvalue weighted by Crippen LogP contribution is 2.20. The molecule has 0 atom stereocenters. The molecule has 0 bridgehead atoms. The quantitative estimate of drug-likeness (QED) is 0.617. The molecule has 1 N–H and O–H groups in total. The van der Waals surface area contributed by atoms with Crippen molar-refractivity contribution >= 4 is 0 Å². The molecule has 1 aromatic carbocycles. The molecule has 4 heteroatoms. The van der Waals surface area contributed by atoms with Gasteiger partial charge in [-0.2, -0.15) is 5.26 Å². The Labute approximate surface area is 61.3 Å². The van der Waals surface area contributed by atoms with Crippen LogP contribution in [-0.4, -0.2) is 5.11 Å². The number of benzene rings is 1. The summed E-state index contributed by atoms with van der Waals surface area (Å²) in [4.78, 5) is 0. The molecule has 0 aromatic heterocycles. The van der Waals surface area contributed by atoms with Crippen molar-refractivity contribution in [3.8, 4) is 11.8 Å². The SMILES string of the molecule is N#Cc1c(O)ccc(F)c1F. The highest BCUT2D eigenvalue weighted by molar-refractivity contribution is 5.43. The van der Waals surface area contributed by atoms with Crippen LogP contribution in [0.15, 0.2) is 12.1 Å². The van der Waals surface area contributed by atoms with Crippen LogP contribution in [0, 0.1) is 23.0 Å². The molecular formula is C7H3F2NO. The molecule has 0 amide bonds. The molecule has 0 aliphatic heterocycles. The van der Waals surface area contributed by atoms with E-state index in [1.165, 1.54) is 6.07 Å². The fourth-order valence-corrected chi connectivity index (χ4v) is 0.647. The Bertz CT molecular complexity index is 330. The number of halogens is 2. The monoisotopic (exact) mass is 155 g/mol. The molecule has 56 valence electrons. The van der Waals surface area contributed by atoms with Crippen molar-refractivity contribution in [1.29, 1.82) is 5.26 Å². The van der Waals surface area contributed by atoms with Crippen molar-refractivity contribution in [2.45, 2.75) is 0 Å². The first-order chi connectivity index (χ1) is 5.16. The van der Waals surface area contributed by atoms with Gasteiger partial charge in [-0.15, -0.1) is 0 Å². The van der Waals surface area contributed by atoms with Gasteiger partial charge in [0.1, 0.15) is 17.4 Å². The molecule has 0 unspecified atom stereocenters. The van der Waals surface area contributed by atoms with Crippen LogP contribution in [0.1, 0.15) is 5.56 Å². The fourth-order valence-electron chi connectivity index (χ4n) is 0.647. The lowest BCUT2D eigenvalue weighted by Crippen LogP contribution is -1.89. The summed E-state index contributed by atoms with van der Waals surface area (Å²) >= 11 is 0. The molecule has 0 aliphatic carbocycles. The van der Waals surface area contributed by atoms with Crippen LogP contribution in [0.25, 0.3) is 0 Å². The summed E-state index contributed by atoms with van der Waals surface area (Å²) in [7, 11) is 0. The van der Waals surface area contributed by atoms with Crippen molar-refractivity contribution in [3.63, 3.8) is 0 Å². The van der Waals surface area contributed by atoms with Crippen molar-refractivity contribution in [2.75, 3.05) is 0 Å². The second-order valence-electron chi connectivity index (χ2n) is 1.87. The van der Waals surface area contributed by atoms with Crippen LogP contribution in [-0.2, 0) is 0 Å². The maximum absolute atomic E-state index is 12.5. The van der Waals surface area contributed by atoms with Gasteiger partial charge in [-0.05, 0) is 12.1 Å². The first-order valence-electron chi connectivity index (χ1n) is 2.74. The van der Waals surface area contributed by atoms with E-state index in [1.54, 1.807) is 0 Å². The Balaban J connectivity index is 3.44. The average molecular weight is 155 g/mol. The zero-order valence-electron chi connectivity index (χ0n) is 5.31. The molecule has 0 spiro atoms. The summed E-state index contributed by atoms with van der Waals surface area (Å²) in [6, 6.07) is 3.02. The highest BCUT2D eigenvalue weighted by atomic mass is 19.2.